The standard InChI is InChI=1S/C10H18N2O/c1-7(2)10-6-12(5-8(3)13)11-9(10)4/h6-8,13H,5H2,1-4H3/t8-/m1/s1. The van der Waals surface area contributed by atoms with Gasteiger partial charge in [-0.3, -0.25) is 4.68 Å². The second-order valence-electron chi connectivity index (χ2n) is 3.90. The van der Waals surface area contributed by atoms with E-state index in [-0.39, 0.29) is 6.10 Å². The number of nitrogens with zero attached hydrogens (tertiary/aromatic N) is 2. The van der Waals surface area contributed by atoms with E-state index in [1.54, 1.807) is 6.92 Å². The smallest absolute Gasteiger partial charge is 0.0708 e. The van der Waals surface area contributed by atoms with Gasteiger partial charge in [-0.15, -0.1) is 0 Å². The molecule has 0 amide bonds. The Morgan fingerprint density at radius 1 is 1.46 bits per heavy atom. The van der Waals surface area contributed by atoms with E-state index in [0.29, 0.717) is 12.5 Å². The topological polar surface area (TPSA) is 38.0 Å². The van der Waals surface area contributed by atoms with Crippen molar-refractivity contribution in [3.8, 4) is 0 Å². The van der Waals surface area contributed by atoms with Gasteiger partial charge >= 0.3 is 0 Å². The molecule has 0 saturated carbocycles. The van der Waals surface area contributed by atoms with Crippen LogP contribution in [0.2, 0.25) is 0 Å². The van der Waals surface area contributed by atoms with Gasteiger partial charge in [-0.05, 0) is 25.3 Å². The van der Waals surface area contributed by atoms with Crippen molar-refractivity contribution in [3.05, 3.63) is 17.5 Å². The molecule has 0 bridgehead atoms. The number of hydrogen-bond donors (Lipinski definition) is 1. The number of aryl methyl sites for hydroxylation is 1. The number of aliphatic hydroxyl groups is 1. The van der Waals surface area contributed by atoms with Crippen molar-refractivity contribution in [2.24, 2.45) is 0 Å². The summed E-state index contributed by atoms with van der Waals surface area (Å²) in [4.78, 5) is 0. The maximum atomic E-state index is 9.18. The van der Waals surface area contributed by atoms with Crippen LogP contribution in [0, 0.1) is 6.92 Å². The lowest BCUT2D eigenvalue weighted by molar-refractivity contribution is 0.168. The fourth-order valence-corrected chi connectivity index (χ4v) is 1.46. The molecule has 0 aromatic carbocycles. The molecule has 0 aliphatic carbocycles. The largest absolute Gasteiger partial charge is 0.391 e. The van der Waals surface area contributed by atoms with Gasteiger partial charge < -0.3 is 5.11 Å². The lowest BCUT2D eigenvalue weighted by atomic mass is 10.1. The first-order valence-corrected chi connectivity index (χ1v) is 4.72. The third-order valence-corrected chi connectivity index (χ3v) is 2.06. The van der Waals surface area contributed by atoms with Crippen LogP contribution in [0.25, 0.3) is 0 Å². The van der Waals surface area contributed by atoms with E-state index >= 15 is 0 Å². The molecule has 1 heterocycles. The van der Waals surface area contributed by atoms with Gasteiger partial charge in [0.2, 0.25) is 0 Å². The van der Waals surface area contributed by atoms with Gasteiger partial charge in [0.15, 0.2) is 0 Å². The SMILES string of the molecule is Cc1nn(C[C@@H](C)O)cc1C(C)C. The summed E-state index contributed by atoms with van der Waals surface area (Å²) in [6, 6.07) is 0. The Hall–Kier alpha value is -0.830. The maximum absolute atomic E-state index is 9.18. The summed E-state index contributed by atoms with van der Waals surface area (Å²) in [5, 5.41) is 13.5. The van der Waals surface area contributed by atoms with E-state index in [9.17, 15) is 5.11 Å². The summed E-state index contributed by atoms with van der Waals surface area (Å²) in [7, 11) is 0. The van der Waals surface area contributed by atoms with Gasteiger partial charge in [0, 0.05) is 6.20 Å². The average Bonchev–Trinajstić information content (AvgIpc) is 2.29. The lowest BCUT2D eigenvalue weighted by Crippen LogP contribution is -2.11. The predicted molar refractivity (Wildman–Crippen MR) is 52.7 cm³/mol. The average molecular weight is 182 g/mol. The molecule has 1 N–H and O–H groups in total. The Labute approximate surface area is 79.4 Å². The molecule has 1 rings (SSSR count). The van der Waals surface area contributed by atoms with Gasteiger partial charge in [0.1, 0.15) is 0 Å². The van der Waals surface area contributed by atoms with Crippen LogP contribution in [0.5, 0.6) is 0 Å². The number of rotatable bonds is 3. The zero-order valence-corrected chi connectivity index (χ0v) is 8.78. The van der Waals surface area contributed by atoms with Crippen LogP contribution in [0.15, 0.2) is 6.20 Å². The van der Waals surface area contributed by atoms with Crippen molar-refractivity contribution in [2.75, 3.05) is 0 Å². The zero-order valence-electron chi connectivity index (χ0n) is 8.78. The molecule has 3 nitrogen and oxygen atoms in total. The van der Waals surface area contributed by atoms with Gasteiger partial charge in [-0.2, -0.15) is 5.10 Å². The van der Waals surface area contributed by atoms with Gasteiger partial charge in [-0.25, -0.2) is 0 Å². The van der Waals surface area contributed by atoms with Crippen molar-refractivity contribution >= 4 is 0 Å². The normalized spacial score (nSPS) is 13.7. The Balaban J connectivity index is 2.82. The number of aliphatic hydroxyl groups excluding tert-OH is 1. The van der Waals surface area contributed by atoms with Crippen LogP contribution >= 0.6 is 0 Å². The molecule has 1 atom stereocenters. The van der Waals surface area contributed by atoms with Crippen LogP contribution in [0.3, 0.4) is 0 Å². The molecule has 0 aliphatic rings. The molecular weight excluding hydrogens is 164 g/mol. The quantitative estimate of drug-likeness (QED) is 0.772. The highest BCUT2D eigenvalue weighted by atomic mass is 16.3. The molecule has 0 fully saturated rings. The lowest BCUT2D eigenvalue weighted by Gasteiger charge is -2.03. The van der Waals surface area contributed by atoms with Crippen LogP contribution in [0.1, 0.15) is 37.9 Å². The van der Waals surface area contributed by atoms with Crippen LogP contribution < -0.4 is 0 Å². The minimum atomic E-state index is -0.334. The Kier molecular flexibility index (Phi) is 3.09. The van der Waals surface area contributed by atoms with Gasteiger partial charge in [0.25, 0.3) is 0 Å². The minimum absolute atomic E-state index is 0.334. The van der Waals surface area contributed by atoms with E-state index in [4.69, 9.17) is 0 Å². The van der Waals surface area contributed by atoms with Crippen molar-refractivity contribution < 1.29 is 5.11 Å². The fourth-order valence-electron chi connectivity index (χ4n) is 1.46. The Morgan fingerprint density at radius 3 is 2.46 bits per heavy atom. The molecule has 0 unspecified atom stereocenters. The molecule has 0 radical (unpaired) electrons. The predicted octanol–water partition coefficient (Wildman–Crippen LogP) is 1.70. The molecular formula is C10H18N2O. The Morgan fingerprint density at radius 2 is 2.08 bits per heavy atom. The number of aromatic nitrogens is 2. The van der Waals surface area contributed by atoms with E-state index in [0.717, 1.165) is 5.69 Å². The molecule has 0 aliphatic heterocycles. The second kappa shape index (κ2) is 3.92. The van der Waals surface area contributed by atoms with E-state index in [2.05, 4.69) is 18.9 Å². The first-order valence-electron chi connectivity index (χ1n) is 4.72. The van der Waals surface area contributed by atoms with Gasteiger partial charge in [-0.1, -0.05) is 13.8 Å². The molecule has 1 aromatic heterocycles. The summed E-state index contributed by atoms with van der Waals surface area (Å²) >= 11 is 0. The first-order chi connectivity index (χ1) is 6.00. The third kappa shape index (κ3) is 2.56. The highest BCUT2D eigenvalue weighted by Gasteiger charge is 2.08. The third-order valence-electron chi connectivity index (χ3n) is 2.06. The van der Waals surface area contributed by atoms with Crippen molar-refractivity contribution in [3.63, 3.8) is 0 Å². The molecule has 0 saturated heterocycles. The fraction of sp³-hybridized carbons (Fsp3) is 0.700. The minimum Gasteiger partial charge on any atom is -0.391 e. The Bertz CT molecular complexity index is 276. The summed E-state index contributed by atoms with van der Waals surface area (Å²) in [5.41, 5.74) is 2.33. The summed E-state index contributed by atoms with van der Waals surface area (Å²) in [6.45, 7) is 8.65. The maximum Gasteiger partial charge on any atom is 0.0708 e. The summed E-state index contributed by atoms with van der Waals surface area (Å²) in [5.74, 6) is 0.503. The van der Waals surface area contributed by atoms with Crippen molar-refractivity contribution in [1.82, 2.24) is 9.78 Å². The van der Waals surface area contributed by atoms with E-state index in [1.165, 1.54) is 5.56 Å². The number of hydrogen-bond acceptors (Lipinski definition) is 2. The van der Waals surface area contributed by atoms with Crippen LogP contribution in [-0.4, -0.2) is 21.0 Å². The molecule has 13 heavy (non-hydrogen) atoms. The van der Waals surface area contributed by atoms with Crippen LogP contribution in [-0.2, 0) is 6.54 Å². The van der Waals surface area contributed by atoms with Crippen molar-refractivity contribution in [2.45, 2.75) is 46.3 Å². The molecule has 0 spiro atoms. The highest BCUT2D eigenvalue weighted by molar-refractivity contribution is 5.19. The summed E-state index contributed by atoms with van der Waals surface area (Å²) < 4.78 is 1.81. The second-order valence-corrected chi connectivity index (χ2v) is 3.90. The highest BCUT2D eigenvalue weighted by Crippen LogP contribution is 2.17. The monoisotopic (exact) mass is 182 g/mol. The molecule has 3 heteroatoms. The van der Waals surface area contributed by atoms with E-state index in [1.807, 2.05) is 17.8 Å². The summed E-state index contributed by atoms with van der Waals surface area (Å²) in [6.07, 6.45) is 1.69. The molecule has 74 valence electrons. The van der Waals surface area contributed by atoms with E-state index < -0.39 is 0 Å². The van der Waals surface area contributed by atoms with Crippen LogP contribution in [0.4, 0.5) is 0 Å². The first kappa shape index (κ1) is 10.3. The van der Waals surface area contributed by atoms with Crippen molar-refractivity contribution in [1.29, 1.82) is 0 Å². The van der Waals surface area contributed by atoms with Gasteiger partial charge in [0.05, 0.1) is 18.3 Å². The molecule has 1 aromatic rings. The zero-order chi connectivity index (χ0) is 10.0.